The zero-order valence-corrected chi connectivity index (χ0v) is 11.2. The van der Waals surface area contributed by atoms with Gasteiger partial charge in [-0.25, -0.2) is 4.79 Å². The quantitative estimate of drug-likeness (QED) is 0.627. The smallest absolute Gasteiger partial charge is 0.331 e. The van der Waals surface area contributed by atoms with Crippen molar-refractivity contribution in [1.29, 1.82) is 0 Å². The third kappa shape index (κ3) is 2.76. The fourth-order valence-corrected chi connectivity index (χ4v) is 2.33. The van der Waals surface area contributed by atoms with E-state index in [-0.39, 0.29) is 5.78 Å². The van der Waals surface area contributed by atoms with Gasteiger partial charge in [-0.3, -0.25) is 4.79 Å². The van der Waals surface area contributed by atoms with Gasteiger partial charge in [-0.05, 0) is 30.2 Å². The van der Waals surface area contributed by atoms with Crippen molar-refractivity contribution in [2.24, 2.45) is 0 Å². The Kier molecular flexibility index (Phi) is 3.86. The van der Waals surface area contributed by atoms with E-state index in [2.05, 4.69) is 6.58 Å². The average molecular weight is 277 g/mol. The van der Waals surface area contributed by atoms with Gasteiger partial charge in [-0.1, -0.05) is 36.4 Å². The Morgan fingerprint density at radius 1 is 1.42 bits per heavy atom. The number of benzene rings is 1. The normalized spacial score (nSPS) is 19.1. The number of hydrogen-bond acceptors (Lipinski definition) is 3. The van der Waals surface area contributed by atoms with E-state index in [0.29, 0.717) is 10.6 Å². The van der Waals surface area contributed by atoms with Gasteiger partial charge in [0.25, 0.3) is 0 Å². The number of halogens is 1. The van der Waals surface area contributed by atoms with Gasteiger partial charge in [-0.15, -0.1) is 0 Å². The molecule has 98 valence electrons. The molecule has 1 heterocycles. The second kappa shape index (κ2) is 5.41. The lowest BCUT2D eigenvalue weighted by Crippen LogP contribution is -2.23. The van der Waals surface area contributed by atoms with Crippen LogP contribution in [0, 0.1) is 0 Å². The Hall–Kier alpha value is -1.87. The molecule has 19 heavy (non-hydrogen) atoms. The van der Waals surface area contributed by atoms with Gasteiger partial charge in [-0.2, -0.15) is 0 Å². The summed E-state index contributed by atoms with van der Waals surface area (Å²) in [6, 6.07) is 7.16. The molecule has 0 unspecified atom stereocenters. The number of cyclic esters (lactones) is 1. The number of Topliss-reactive ketones (excluding diaryl/α,β-unsaturated/α-hetero) is 1. The highest BCUT2D eigenvalue weighted by Crippen LogP contribution is 2.35. The fraction of sp³-hybridized carbons (Fsp3) is 0.200. The minimum atomic E-state index is -0.538. The molecule has 1 aromatic carbocycles. The van der Waals surface area contributed by atoms with Crippen LogP contribution in [0.3, 0.4) is 0 Å². The van der Waals surface area contributed by atoms with Crippen LogP contribution in [0.4, 0.5) is 0 Å². The van der Waals surface area contributed by atoms with Gasteiger partial charge in [0.1, 0.15) is 6.10 Å². The summed E-state index contributed by atoms with van der Waals surface area (Å²) < 4.78 is 5.18. The maximum atomic E-state index is 11.6. The molecule has 1 aromatic rings. The number of carbonyl (C=O) groups is 2. The van der Waals surface area contributed by atoms with E-state index in [1.165, 1.54) is 13.0 Å². The summed E-state index contributed by atoms with van der Waals surface area (Å²) in [7, 11) is 0. The predicted octanol–water partition coefficient (Wildman–Crippen LogP) is 3.05. The Morgan fingerprint density at radius 3 is 2.63 bits per heavy atom. The molecule has 0 aliphatic carbocycles. The van der Waals surface area contributed by atoms with Crippen LogP contribution in [-0.4, -0.2) is 17.9 Å². The predicted molar refractivity (Wildman–Crippen MR) is 73.0 cm³/mol. The summed E-state index contributed by atoms with van der Waals surface area (Å²) >= 11 is 6.17. The van der Waals surface area contributed by atoms with E-state index in [9.17, 15) is 9.59 Å². The first-order chi connectivity index (χ1) is 9.00. The summed E-state index contributed by atoms with van der Waals surface area (Å²) in [5.41, 5.74) is 1.10. The van der Waals surface area contributed by atoms with E-state index < -0.39 is 18.0 Å². The van der Waals surface area contributed by atoms with Gasteiger partial charge in [0.05, 0.1) is 5.92 Å². The van der Waals surface area contributed by atoms with Crippen LogP contribution in [0.5, 0.6) is 0 Å². The topological polar surface area (TPSA) is 43.4 Å². The maximum Gasteiger partial charge on any atom is 0.331 e. The summed E-state index contributed by atoms with van der Waals surface area (Å²) in [4.78, 5) is 22.8. The van der Waals surface area contributed by atoms with Crippen molar-refractivity contribution in [3.8, 4) is 0 Å². The zero-order valence-electron chi connectivity index (χ0n) is 10.4. The molecule has 0 saturated carbocycles. The second-order valence-corrected chi connectivity index (χ2v) is 4.75. The molecule has 2 rings (SSSR count). The largest absolute Gasteiger partial charge is 0.454 e. The van der Waals surface area contributed by atoms with Crippen molar-refractivity contribution in [3.05, 3.63) is 59.2 Å². The van der Waals surface area contributed by atoms with Crippen molar-refractivity contribution >= 4 is 23.4 Å². The van der Waals surface area contributed by atoms with Crippen LogP contribution in [0.1, 0.15) is 18.4 Å². The Morgan fingerprint density at radius 2 is 2.11 bits per heavy atom. The number of ketones is 1. The molecule has 0 fully saturated rings. The number of ether oxygens (including phenoxy) is 1. The molecule has 1 aliphatic rings. The molecule has 0 amide bonds. The van der Waals surface area contributed by atoms with E-state index >= 15 is 0 Å². The summed E-state index contributed by atoms with van der Waals surface area (Å²) in [6.45, 7) is 5.25. The van der Waals surface area contributed by atoms with Crippen LogP contribution in [0.15, 0.2) is 48.6 Å². The van der Waals surface area contributed by atoms with E-state index in [1.807, 2.05) is 6.07 Å². The van der Waals surface area contributed by atoms with E-state index in [1.54, 1.807) is 24.3 Å². The summed E-state index contributed by atoms with van der Waals surface area (Å²) in [5.74, 6) is -1.02. The van der Waals surface area contributed by atoms with E-state index in [4.69, 9.17) is 16.3 Å². The minimum absolute atomic E-state index is 0.152. The van der Waals surface area contributed by atoms with Crippen molar-refractivity contribution in [2.45, 2.75) is 18.9 Å². The SMILES string of the molecule is C=C(C(C)=O)[C@H](c1ccccc1Cl)[C@@H]1C=CC(=O)O1. The Balaban J connectivity index is 2.43. The number of esters is 1. The monoisotopic (exact) mass is 276 g/mol. The van der Waals surface area contributed by atoms with Crippen LogP contribution >= 0.6 is 11.6 Å². The first-order valence-corrected chi connectivity index (χ1v) is 6.21. The van der Waals surface area contributed by atoms with Gasteiger partial charge >= 0.3 is 5.97 Å². The van der Waals surface area contributed by atoms with Crippen molar-refractivity contribution in [1.82, 2.24) is 0 Å². The lowest BCUT2D eigenvalue weighted by molar-refractivity contribution is -0.139. The molecule has 0 N–H and O–H groups in total. The Labute approximate surface area is 116 Å². The summed E-state index contributed by atoms with van der Waals surface area (Å²) in [6.07, 6.45) is 2.44. The van der Waals surface area contributed by atoms with Crippen LogP contribution in [-0.2, 0) is 14.3 Å². The van der Waals surface area contributed by atoms with Crippen LogP contribution < -0.4 is 0 Å². The molecule has 0 aromatic heterocycles. The minimum Gasteiger partial charge on any atom is -0.454 e. The standard InChI is InChI=1S/C15H13ClO3/c1-9(10(2)17)15(13-7-8-14(18)19-13)11-5-3-4-6-12(11)16/h3-8,13,15H,1H2,2H3/t13-,15+/m0/s1. The first-order valence-electron chi connectivity index (χ1n) is 5.83. The highest BCUT2D eigenvalue weighted by atomic mass is 35.5. The van der Waals surface area contributed by atoms with Gasteiger partial charge in [0.2, 0.25) is 0 Å². The van der Waals surface area contributed by atoms with Crippen molar-refractivity contribution < 1.29 is 14.3 Å². The van der Waals surface area contributed by atoms with Gasteiger partial charge in [0, 0.05) is 11.1 Å². The lowest BCUT2D eigenvalue weighted by atomic mass is 9.85. The molecular formula is C15H13ClO3. The molecule has 0 bridgehead atoms. The molecule has 3 nitrogen and oxygen atoms in total. The zero-order chi connectivity index (χ0) is 14.0. The molecule has 0 saturated heterocycles. The van der Waals surface area contributed by atoms with Crippen LogP contribution in [0.25, 0.3) is 0 Å². The van der Waals surface area contributed by atoms with Gasteiger partial charge < -0.3 is 4.74 Å². The Bertz CT molecular complexity index is 575. The summed E-state index contributed by atoms with van der Waals surface area (Å²) in [5, 5.41) is 0.520. The highest BCUT2D eigenvalue weighted by Gasteiger charge is 2.32. The molecule has 1 aliphatic heterocycles. The number of rotatable bonds is 4. The van der Waals surface area contributed by atoms with Crippen LogP contribution in [0.2, 0.25) is 5.02 Å². The fourth-order valence-electron chi connectivity index (χ4n) is 2.07. The molecule has 0 spiro atoms. The van der Waals surface area contributed by atoms with Crippen molar-refractivity contribution in [3.63, 3.8) is 0 Å². The van der Waals surface area contributed by atoms with E-state index in [0.717, 1.165) is 5.56 Å². The maximum absolute atomic E-state index is 11.6. The third-order valence-corrected chi connectivity index (χ3v) is 3.41. The molecule has 2 atom stereocenters. The second-order valence-electron chi connectivity index (χ2n) is 4.34. The lowest BCUT2D eigenvalue weighted by Gasteiger charge is -2.24. The third-order valence-electron chi connectivity index (χ3n) is 3.07. The van der Waals surface area contributed by atoms with Gasteiger partial charge in [0.15, 0.2) is 5.78 Å². The molecule has 4 heteroatoms. The number of carbonyl (C=O) groups excluding carboxylic acids is 2. The van der Waals surface area contributed by atoms with Crippen molar-refractivity contribution in [2.75, 3.05) is 0 Å². The molecular weight excluding hydrogens is 264 g/mol. The average Bonchev–Trinajstić information content (AvgIpc) is 2.78. The highest BCUT2D eigenvalue weighted by molar-refractivity contribution is 6.31. The molecule has 0 radical (unpaired) electrons. The number of hydrogen-bond donors (Lipinski definition) is 0. The first kappa shape index (κ1) is 13.6.